The van der Waals surface area contributed by atoms with Crippen molar-refractivity contribution >= 4 is 11.4 Å². The number of nitrogens with zero attached hydrogens (tertiary/aromatic N) is 1. The van der Waals surface area contributed by atoms with Crippen LogP contribution in [0.25, 0.3) is 0 Å². The smallest absolute Gasteiger partial charge is 0.144 e. The second-order valence-electron chi connectivity index (χ2n) is 5.00. The van der Waals surface area contributed by atoms with Crippen molar-refractivity contribution in [3.8, 4) is 5.75 Å². The number of ether oxygens (including phenoxy) is 1. The van der Waals surface area contributed by atoms with Gasteiger partial charge in [0.05, 0.1) is 12.3 Å². The normalized spacial score (nSPS) is 10.6. The molecule has 2 N–H and O–H groups in total. The van der Waals surface area contributed by atoms with Crippen molar-refractivity contribution in [2.45, 2.75) is 26.7 Å². The highest BCUT2D eigenvalue weighted by Gasteiger charge is 2.04. The molecule has 0 unspecified atom stereocenters. The standard InChI is InChI=1S/C14H24N2O/c1-11(2)6-5-9-17-14-10-12(16(3)4)7-8-13(14)15/h7-8,10-11H,5-6,9,15H2,1-4H3. The van der Waals surface area contributed by atoms with Crippen LogP contribution in [0.3, 0.4) is 0 Å². The first-order valence-corrected chi connectivity index (χ1v) is 6.20. The van der Waals surface area contributed by atoms with Crippen molar-refractivity contribution in [3.05, 3.63) is 18.2 Å². The maximum absolute atomic E-state index is 5.89. The Morgan fingerprint density at radius 2 is 2.00 bits per heavy atom. The summed E-state index contributed by atoms with van der Waals surface area (Å²) in [6, 6.07) is 5.88. The summed E-state index contributed by atoms with van der Waals surface area (Å²) in [7, 11) is 4.02. The second-order valence-corrected chi connectivity index (χ2v) is 5.00. The lowest BCUT2D eigenvalue weighted by atomic mass is 10.1. The number of hydrogen-bond acceptors (Lipinski definition) is 3. The number of hydrogen-bond donors (Lipinski definition) is 1. The highest BCUT2D eigenvalue weighted by Crippen LogP contribution is 2.27. The first-order valence-electron chi connectivity index (χ1n) is 6.20. The molecule has 17 heavy (non-hydrogen) atoms. The van der Waals surface area contributed by atoms with Crippen molar-refractivity contribution in [1.82, 2.24) is 0 Å². The van der Waals surface area contributed by atoms with E-state index in [0.29, 0.717) is 5.69 Å². The van der Waals surface area contributed by atoms with Crippen LogP contribution in [0.2, 0.25) is 0 Å². The Labute approximate surface area is 105 Å². The van der Waals surface area contributed by atoms with Crippen molar-refractivity contribution in [1.29, 1.82) is 0 Å². The Bertz CT molecular complexity index is 348. The van der Waals surface area contributed by atoms with Crippen molar-refractivity contribution < 1.29 is 4.74 Å². The molecule has 0 amide bonds. The van der Waals surface area contributed by atoms with Gasteiger partial charge in [0.2, 0.25) is 0 Å². The van der Waals surface area contributed by atoms with Gasteiger partial charge in [-0.15, -0.1) is 0 Å². The summed E-state index contributed by atoms with van der Waals surface area (Å²) in [4.78, 5) is 2.04. The lowest BCUT2D eigenvalue weighted by Gasteiger charge is -2.16. The first kappa shape index (κ1) is 13.7. The maximum atomic E-state index is 5.89. The van der Waals surface area contributed by atoms with Crippen LogP contribution >= 0.6 is 0 Å². The molecular formula is C14H24N2O. The van der Waals surface area contributed by atoms with Gasteiger partial charge >= 0.3 is 0 Å². The molecule has 1 aromatic rings. The Kier molecular flexibility index (Phi) is 5.13. The van der Waals surface area contributed by atoms with E-state index in [4.69, 9.17) is 10.5 Å². The molecular weight excluding hydrogens is 212 g/mol. The van der Waals surface area contributed by atoms with E-state index in [1.54, 1.807) is 0 Å². The van der Waals surface area contributed by atoms with E-state index >= 15 is 0 Å². The van der Waals surface area contributed by atoms with Crippen LogP contribution in [0.1, 0.15) is 26.7 Å². The molecule has 0 saturated carbocycles. The lowest BCUT2D eigenvalue weighted by Crippen LogP contribution is -2.09. The highest BCUT2D eigenvalue weighted by atomic mass is 16.5. The molecule has 0 aliphatic heterocycles. The minimum absolute atomic E-state index is 0.708. The van der Waals surface area contributed by atoms with E-state index in [2.05, 4.69) is 13.8 Å². The largest absolute Gasteiger partial charge is 0.491 e. The summed E-state index contributed by atoms with van der Waals surface area (Å²) in [5, 5.41) is 0. The van der Waals surface area contributed by atoms with Crippen LogP contribution in [0.5, 0.6) is 5.75 Å². The molecule has 3 nitrogen and oxygen atoms in total. The number of benzene rings is 1. The molecule has 0 saturated heterocycles. The van der Waals surface area contributed by atoms with Crippen molar-refractivity contribution in [3.63, 3.8) is 0 Å². The Hall–Kier alpha value is -1.38. The van der Waals surface area contributed by atoms with Crippen LogP contribution < -0.4 is 15.4 Å². The van der Waals surface area contributed by atoms with Gasteiger partial charge in [0.1, 0.15) is 5.75 Å². The van der Waals surface area contributed by atoms with Gasteiger partial charge in [0.25, 0.3) is 0 Å². The maximum Gasteiger partial charge on any atom is 0.144 e. The SMILES string of the molecule is CC(C)CCCOc1cc(N(C)C)ccc1N. The van der Waals surface area contributed by atoms with Crippen molar-refractivity contribution in [2.75, 3.05) is 31.3 Å². The molecule has 0 heterocycles. The number of nitrogens with two attached hydrogens (primary N) is 1. The molecule has 0 aliphatic carbocycles. The van der Waals surface area contributed by atoms with Gasteiger partial charge in [-0.25, -0.2) is 0 Å². The molecule has 3 heteroatoms. The van der Waals surface area contributed by atoms with Gasteiger partial charge in [-0.2, -0.15) is 0 Å². The summed E-state index contributed by atoms with van der Waals surface area (Å²) in [6.07, 6.45) is 2.26. The molecule has 0 bridgehead atoms. The zero-order chi connectivity index (χ0) is 12.8. The van der Waals surface area contributed by atoms with Crippen molar-refractivity contribution in [2.24, 2.45) is 5.92 Å². The number of nitrogen functional groups attached to an aromatic ring is 1. The summed E-state index contributed by atoms with van der Waals surface area (Å²) in [6.45, 7) is 5.18. The molecule has 0 spiro atoms. The average molecular weight is 236 g/mol. The zero-order valence-electron chi connectivity index (χ0n) is 11.4. The Balaban J connectivity index is 2.54. The van der Waals surface area contributed by atoms with Gasteiger partial charge in [0.15, 0.2) is 0 Å². The fourth-order valence-corrected chi connectivity index (χ4v) is 1.60. The third kappa shape index (κ3) is 4.55. The average Bonchev–Trinajstić information content (AvgIpc) is 2.25. The Morgan fingerprint density at radius 3 is 2.59 bits per heavy atom. The Morgan fingerprint density at radius 1 is 1.29 bits per heavy atom. The van der Waals surface area contributed by atoms with Gasteiger partial charge < -0.3 is 15.4 Å². The van der Waals surface area contributed by atoms with E-state index in [9.17, 15) is 0 Å². The molecule has 0 atom stereocenters. The van der Waals surface area contributed by atoms with E-state index in [1.165, 1.54) is 6.42 Å². The van der Waals surface area contributed by atoms with E-state index in [0.717, 1.165) is 30.4 Å². The molecule has 1 rings (SSSR count). The van der Waals surface area contributed by atoms with Crippen LogP contribution in [0.15, 0.2) is 18.2 Å². The minimum atomic E-state index is 0.708. The number of anilines is 2. The second kappa shape index (κ2) is 6.38. The summed E-state index contributed by atoms with van der Waals surface area (Å²) in [5.41, 5.74) is 7.71. The monoisotopic (exact) mass is 236 g/mol. The highest BCUT2D eigenvalue weighted by molar-refractivity contribution is 5.61. The minimum Gasteiger partial charge on any atom is -0.491 e. The number of rotatable bonds is 6. The molecule has 1 aromatic carbocycles. The molecule has 0 fully saturated rings. The van der Waals surface area contributed by atoms with Crippen LogP contribution in [0, 0.1) is 5.92 Å². The molecule has 0 aromatic heterocycles. The molecule has 0 radical (unpaired) electrons. The lowest BCUT2D eigenvalue weighted by molar-refractivity contribution is 0.299. The van der Waals surface area contributed by atoms with Crippen LogP contribution in [-0.2, 0) is 0 Å². The van der Waals surface area contributed by atoms with Gasteiger partial charge in [-0.3, -0.25) is 0 Å². The zero-order valence-corrected chi connectivity index (χ0v) is 11.4. The third-order valence-corrected chi connectivity index (χ3v) is 2.70. The van der Waals surface area contributed by atoms with Gasteiger partial charge in [-0.05, 0) is 30.9 Å². The molecule has 0 aliphatic rings. The molecule has 96 valence electrons. The van der Waals surface area contributed by atoms with Gasteiger partial charge in [-0.1, -0.05) is 13.8 Å². The topological polar surface area (TPSA) is 38.5 Å². The van der Waals surface area contributed by atoms with Gasteiger partial charge in [0, 0.05) is 25.8 Å². The van der Waals surface area contributed by atoms with Crippen LogP contribution in [0.4, 0.5) is 11.4 Å². The summed E-state index contributed by atoms with van der Waals surface area (Å²) in [5.74, 6) is 1.52. The quantitative estimate of drug-likeness (QED) is 0.609. The predicted molar refractivity (Wildman–Crippen MR) is 74.7 cm³/mol. The third-order valence-electron chi connectivity index (χ3n) is 2.70. The summed E-state index contributed by atoms with van der Waals surface area (Å²) >= 11 is 0. The van der Waals surface area contributed by atoms with E-state index in [-0.39, 0.29) is 0 Å². The fourth-order valence-electron chi connectivity index (χ4n) is 1.60. The van der Waals surface area contributed by atoms with E-state index < -0.39 is 0 Å². The fraction of sp³-hybridized carbons (Fsp3) is 0.571. The summed E-state index contributed by atoms with van der Waals surface area (Å²) < 4.78 is 5.73. The first-order chi connectivity index (χ1) is 8.00. The predicted octanol–water partition coefficient (Wildman–Crippen LogP) is 3.15. The van der Waals surface area contributed by atoms with Crippen LogP contribution in [-0.4, -0.2) is 20.7 Å². The van der Waals surface area contributed by atoms with E-state index in [1.807, 2.05) is 37.2 Å².